The number of nitro groups is 1. The molecule has 10 heteroatoms. The number of nitro benzene ring substituents is 1. The molecule has 0 unspecified atom stereocenters. The normalized spacial score (nSPS) is 15.9. The summed E-state index contributed by atoms with van der Waals surface area (Å²) in [6.07, 6.45) is -1.05. The van der Waals surface area contributed by atoms with Gasteiger partial charge in [0.1, 0.15) is 5.75 Å². The van der Waals surface area contributed by atoms with Crippen molar-refractivity contribution in [2.24, 2.45) is 5.10 Å². The van der Waals surface area contributed by atoms with Crippen LogP contribution in [0.2, 0.25) is 10.0 Å². The van der Waals surface area contributed by atoms with Crippen molar-refractivity contribution in [1.29, 1.82) is 0 Å². The maximum atomic E-state index is 11.9. The molecular formula is C17H13Cl2N3O5. The molecular weight excluding hydrogens is 397 g/mol. The zero-order valence-electron chi connectivity index (χ0n) is 14.0. The van der Waals surface area contributed by atoms with Gasteiger partial charge in [-0.1, -0.05) is 35.3 Å². The predicted octanol–water partition coefficient (Wildman–Crippen LogP) is 4.17. The Morgan fingerprint density at radius 2 is 2.07 bits per heavy atom. The van der Waals surface area contributed by atoms with Crippen LogP contribution in [0, 0.1) is 10.1 Å². The van der Waals surface area contributed by atoms with Crippen molar-refractivity contribution in [3.63, 3.8) is 0 Å². The van der Waals surface area contributed by atoms with Crippen LogP contribution in [-0.2, 0) is 9.53 Å². The van der Waals surface area contributed by atoms with Crippen LogP contribution in [0.15, 0.2) is 47.6 Å². The molecule has 0 spiro atoms. The van der Waals surface area contributed by atoms with Crippen molar-refractivity contribution >= 4 is 40.7 Å². The second-order valence-electron chi connectivity index (χ2n) is 5.51. The maximum absolute atomic E-state index is 11.9. The van der Waals surface area contributed by atoms with Gasteiger partial charge in [0, 0.05) is 18.0 Å². The van der Waals surface area contributed by atoms with E-state index in [-0.39, 0.29) is 23.8 Å². The highest BCUT2D eigenvalue weighted by molar-refractivity contribution is 6.35. The molecule has 1 aliphatic rings. The number of para-hydroxylation sites is 1. The molecule has 0 saturated carbocycles. The summed E-state index contributed by atoms with van der Waals surface area (Å²) in [5, 5.41) is 17.1. The first-order valence-electron chi connectivity index (χ1n) is 7.72. The fourth-order valence-electron chi connectivity index (χ4n) is 2.46. The van der Waals surface area contributed by atoms with E-state index >= 15 is 0 Å². The van der Waals surface area contributed by atoms with Crippen LogP contribution in [0.3, 0.4) is 0 Å². The van der Waals surface area contributed by atoms with Gasteiger partial charge in [0.05, 0.1) is 15.5 Å². The van der Waals surface area contributed by atoms with Gasteiger partial charge < -0.3 is 9.47 Å². The number of hydrazone groups is 1. The minimum atomic E-state index is -1.05. The molecule has 1 aliphatic heterocycles. The third-order valence-electron chi connectivity index (χ3n) is 3.66. The molecule has 8 nitrogen and oxygen atoms in total. The SMILES string of the molecule is CC(=O)N1N=C(COc2ccc(Cl)cc2Cl)O[C@H]1c1ccccc1[N+](=O)[O-]. The molecule has 1 heterocycles. The largest absolute Gasteiger partial charge is 0.482 e. The topological polar surface area (TPSA) is 94.3 Å². The molecule has 2 aromatic carbocycles. The Morgan fingerprint density at radius 3 is 2.74 bits per heavy atom. The van der Waals surface area contributed by atoms with Crippen LogP contribution < -0.4 is 4.74 Å². The summed E-state index contributed by atoms with van der Waals surface area (Å²) in [5.74, 6) is 0.00734. The Hall–Kier alpha value is -2.84. The molecule has 140 valence electrons. The molecule has 0 aliphatic carbocycles. The van der Waals surface area contributed by atoms with Crippen molar-refractivity contribution in [2.45, 2.75) is 13.2 Å². The average Bonchev–Trinajstić information content (AvgIpc) is 3.05. The fourth-order valence-corrected chi connectivity index (χ4v) is 2.93. The van der Waals surface area contributed by atoms with Gasteiger partial charge >= 0.3 is 0 Å². The first-order chi connectivity index (χ1) is 12.9. The lowest BCUT2D eigenvalue weighted by Gasteiger charge is -2.19. The molecule has 1 atom stereocenters. The van der Waals surface area contributed by atoms with Gasteiger partial charge in [-0.2, -0.15) is 5.01 Å². The highest BCUT2D eigenvalue weighted by Crippen LogP contribution is 2.34. The molecule has 0 saturated heterocycles. The highest BCUT2D eigenvalue weighted by Gasteiger charge is 2.36. The number of halogens is 2. The number of rotatable bonds is 5. The molecule has 0 aromatic heterocycles. The summed E-state index contributed by atoms with van der Waals surface area (Å²) in [5.41, 5.74) is 0.0350. The Morgan fingerprint density at radius 1 is 1.33 bits per heavy atom. The van der Waals surface area contributed by atoms with E-state index in [0.717, 1.165) is 5.01 Å². The minimum Gasteiger partial charge on any atom is -0.482 e. The third kappa shape index (κ3) is 4.12. The Labute approximate surface area is 164 Å². The zero-order valence-corrected chi connectivity index (χ0v) is 15.5. The van der Waals surface area contributed by atoms with Crippen LogP contribution in [0.4, 0.5) is 5.69 Å². The van der Waals surface area contributed by atoms with E-state index in [2.05, 4.69) is 5.10 Å². The molecule has 0 radical (unpaired) electrons. The number of benzene rings is 2. The Kier molecular flexibility index (Phi) is 5.48. The van der Waals surface area contributed by atoms with Crippen LogP contribution in [0.25, 0.3) is 0 Å². The second-order valence-corrected chi connectivity index (χ2v) is 6.35. The van der Waals surface area contributed by atoms with Crippen molar-refractivity contribution in [3.8, 4) is 5.75 Å². The molecule has 27 heavy (non-hydrogen) atoms. The maximum Gasteiger partial charge on any atom is 0.278 e. The average molecular weight is 410 g/mol. The summed E-state index contributed by atoms with van der Waals surface area (Å²) in [6.45, 7) is 1.16. The highest BCUT2D eigenvalue weighted by atomic mass is 35.5. The first kappa shape index (κ1) is 18.9. The number of carbonyl (C=O) groups is 1. The van der Waals surface area contributed by atoms with Gasteiger partial charge in [-0.05, 0) is 24.3 Å². The molecule has 0 bridgehead atoms. The van der Waals surface area contributed by atoms with E-state index < -0.39 is 17.1 Å². The molecule has 3 rings (SSSR count). The number of hydrogen-bond donors (Lipinski definition) is 0. The summed E-state index contributed by atoms with van der Waals surface area (Å²) < 4.78 is 11.2. The van der Waals surface area contributed by atoms with Gasteiger partial charge in [-0.25, -0.2) is 0 Å². The van der Waals surface area contributed by atoms with Crippen molar-refractivity contribution in [3.05, 3.63) is 68.2 Å². The number of ether oxygens (including phenoxy) is 2. The summed E-state index contributed by atoms with van der Waals surface area (Å²) in [4.78, 5) is 22.6. The Balaban J connectivity index is 1.80. The monoisotopic (exact) mass is 409 g/mol. The van der Waals surface area contributed by atoms with Crippen LogP contribution in [0.1, 0.15) is 18.7 Å². The van der Waals surface area contributed by atoms with Gasteiger partial charge in [-0.3, -0.25) is 14.9 Å². The molecule has 0 N–H and O–H groups in total. The van der Waals surface area contributed by atoms with Crippen LogP contribution in [0.5, 0.6) is 5.75 Å². The number of carbonyl (C=O) groups excluding carboxylic acids is 1. The lowest BCUT2D eigenvalue weighted by molar-refractivity contribution is -0.386. The number of nitrogens with zero attached hydrogens (tertiary/aromatic N) is 3. The van der Waals surface area contributed by atoms with Gasteiger partial charge in [0.15, 0.2) is 6.61 Å². The predicted molar refractivity (Wildman–Crippen MR) is 98.8 cm³/mol. The number of amides is 1. The summed E-state index contributed by atoms with van der Waals surface area (Å²) >= 11 is 11.9. The fraction of sp³-hybridized carbons (Fsp3) is 0.176. The number of hydrogen-bond acceptors (Lipinski definition) is 6. The first-order valence-corrected chi connectivity index (χ1v) is 8.47. The van der Waals surface area contributed by atoms with E-state index in [1.165, 1.54) is 31.2 Å². The lowest BCUT2D eigenvalue weighted by atomic mass is 10.1. The smallest absolute Gasteiger partial charge is 0.278 e. The second kappa shape index (κ2) is 7.81. The van der Waals surface area contributed by atoms with Crippen LogP contribution in [-0.4, -0.2) is 28.3 Å². The van der Waals surface area contributed by atoms with Crippen molar-refractivity contribution in [2.75, 3.05) is 6.61 Å². The van der Waals surface area contributed by atoms with E-state index in [1.807, 2.05) is 0 Å². The quantitative estimate of drug-likeness (QED) is 0.545. The van der Waals surface area contributed by atoms with Crippen molar-refractivity contribution in [1.82, 2.24) is 5.01 Å². The van der Waals surface area contributed by atoms with E-state index in [0.29, 0.717) is 15.8 Å². The lowest BCUT2D eigenvalue weighted by Crippen LogP contribution is -2.26. The molecule has 1 amide bonds. The third-order valence-corrected chi connectivity index (χ3v) is 4.19. The minimum absolute atomic E-state index is 0.0827. The zero-order chi connectivity index (χ0) is 19.6. The summed E-state index contributed by atoms with van der Waals surface area (Å²) in [7, 11) is 0. The Bertz CT molecular complexity index is 935. The van der Waals surface area contributed by atoms with Gasteiger partial charge in [0.2, 0.25) is 18.0 Å². The van der Waals surface area contributed by atoms with E-state index in [4.69, 9.17) is 32.7 Å². The molecule has 0 fully saturated rings. The molecule has 2 aromatic rings. The van der Waals surface area contributed by atoms with E-state index in [9.17, 15) is 14.9 Å². The summed E-state index contributed by atoms with van der Waals surface area (Å²) in [6, 6.07) is 10.7. The standard InChI is InChI=1S/C17H13Cl2N3O5/c1-10(23)21-17(12-4-2-3-5-14(12)22(24)25)27-16(20-21)9-26-15-7-6-11(18)8-13(15)19/h2-8,17H,9H2,1H3/t17-/m0/s1. The van der Waals surface area contributed by atoms with Crippen LogP contribution >= 0.6 is 23.2 Å². The van der Waals surface area contributed by atoms with E-state index in [1.54, 1.807) is 18.2 Å². The van der Waals surface area contributed by atoms with Gasteiger partial charge in [-0.15, -0.1) is 5.10 Å². The van der Waals surface area contributed by atoms with Gasteiger partial charge in [0.25, 0.3) is 5.69 Å². The van der Waals surface area contributed by atoms with Crippen molar-refractivity contribution < 1.29 is 19.2 Å².